The molecule has 98 valence electrons. The summed E-state index contributed by atoms with van der Waals surface area (Å²) in [6, 6.07) is 5.16. The molecule has 2 heterocycles. The molecule has 1 saturated heterocycles. The molecule has 2 fully saturated rings. The maximum absolute atomic E-state index is 4.46. The van der Waals surface area contributed by atoms with Gasteiger partial charge in [0.25, 0.3) is 0 Å². The van der Waals surface area contributed by atoms with E-state index in [9.17, 15) is 0 Å². The molecule has 0 aromatic carbocycles. The molecule has 1 aromatic rings. The van der Waals surface area contributed by atoms with E-state index in [-0.39, 0.29) is 0 Å². The first-order valence-electron chi connectivity index (χ1n) is 7.24. The van der Waals surface area contributed by atoms with E-state index in [4.69, 9.17) is 0 Å². The predicted molar refractivity (Wildman–Crippen MR) is 74.7 cm³/mol. The lowest BCUT2D eigenvalue weighted by molar-refractivity contribution is 0.446. The lowest BCUT2D eigenvalue weighted by Crippen LogP contribution is -2.34. The number of hydrogen-bond acceptors (Lipinski definition) is 3. The first kappa shape index (κ1) is 12.0. The zero-order valence-electron chi connectivity index (χ0n) is 11.2. The van der Waals surface area contributed by atoms with Gasteiger partial charge in [0.2, 0.25) is 0 Å². The Hall–Kier alpha value is -1.09. The van der Waals surface area contributed by atoms with Crippen LogP contribution in [0.3, 0.4) is 0 Å². The van der Waals surface area contributed by atoms with Crippen LogP contribution in [0.15, 0.2) is 18.3 Å². The molecule has 3 rings (SSSR count). The van der Waals surface area contributed by atoms with Crippen LogP contribution in [0.5, 0.6) is 0 Å². The van der Waals surface area contributed by atoms with Crippen LogP contribution in [-0.2, 0) is 6.54 Å². The summed E-state index contributed by atoms with van der Waals surface area (Å²) in [5, 5.41) is 3.53. The predicted octanol–water partition coefficient (Wildman–Crippen LogP) is 2.57. The Kier molecular flexibility index (Phi) is 3.50. The smallest absolute Gasteiger partial charge is 0.0562 e. The van der Waals surface area contributed by atoms with Crippen molar-refractivity contribution < 1.29 is 0 Å². The van der Waals surface area contributed by atoms with Crippen LogP contribution in [-0.4, -0.2) is 24.1 Å². The van der Waals surface area contributed by atoms with Gasteiger partial charge in [-0.05, 0) is 43.7 Å². The average molecular weight is 245 g/mol. The lowest BCUT2D eigenvalue weighted by atomic mass is 10.00. The van der Waals surface area contributed by atoms with E-state index in [1.165, 1.54) is 50.2 Å². The highest BCUT2D eigenvalue weighted by Gasteiger charge is 2.20. The highest BCUT2D eigenvalue weighted by molar-refractivity contribution is 5.47. The number of pyridine rings is 1. The van der Waals surface area contributed by atoms with Crippen LogP contribution in [0.1, 0.15) is 38.3 Å². The van der Waals surface area contributed by atoms with Crippen molar-refractivity contribution >= 4 is 5.69 Å². The molecule has 0 bridgehead atoms. The van der Waals surface area contributed by atoms with Crippen LogP contribution in [0, 0.1) is 5.92 Å². The molecule has 3 nitrogen and oxygen atoms in total. The van der Waals surface area contributed by atoms with Crippen molar-refractivity contribution in [2.24, 2.45) is 5.92 Å². The van der Waals surface area contributed by atoms with E-state index >= 15 is 0 Å². The Morgan fingerprint density at radius 3 is 3.06 bits per heavy atom. The van der Waals surface area contributed by atoms with Gasteiger partial charge in [-0.1, -0.05) is 6.92 Å². The zero-order chi connectivity index (χ0) is 12.4. The van der Waals surface area contributed by atoms with Crippen LogP contribution < -0.4 is 10.2 Å². The van der Waals surface area contributed by atoms with E-state index in [0.29, 0.717) is 0 Å². The molecule has 3 heteroatoms. The second kappa shape index (κ2) is 5.27. The zero-order valence-corrected chi connectivity index (χ0v) is 11.2. The summed E-state index contributed by atoms with van der Waals surface area (Å²) in [6.45, 7) is 5.66. The Balaban J connectivity index is 1.65. The van der Waals surface area contributed by atoms with Gasteiger partial charge in [0.05, 0.1) is 5.69 Å². The fraction of sp³-hybridized carbons (Fsp3) is 0.667. The normalized spacial score (nSPS) is 24.3. The van der Waals surface area contributed by atoms with E-state index in [1.54, 1.807) is 0 Å². The molecule has 1 saturated carbocycles. The third-order valence-corrected chi connectivity index (χ3v) is 3.97. The molecule has 0 radical (unpaired) electrons. The third-order valence-electron chi connectivity index (χ3n) is 3.97. The SMILES string of the molecule is CC1CCCN(c2ccnc(CNC3CC3)c2)C1. The maximum atomic E-state index is 4.46. The molecule has 0 amide bonds. The highest BCUT2D eigenvalue weighted by atomic mass is 15.1. The fourth-order valence-electron chi connectivity index (χ4n) is 2.72. The molecule has 1 atom stereocenters. The summed E-state index contributed by atoms with van der Waals surface area (Å²) in [4.78, 5) is 6.97. The van der Waals surface area contributed by atoms with Crippen LogP contribution in [0.4, 0.5) is 5.69 Å². The minimum absolute atomic E-state index is 0.755. The van der Waals surface area contributed by atoms with Gasteiger partial charge in [-0.15, -0.1) is 0 Å². The van der Waals surface area contributed by atoms with E-state index < -0.39 is 0 Å². The van der Waals surface area contributed by atoms with Gasteiger partial charge in [0, 0.05) is 37.6 Å². The summed E-state index contributed by atoms with van der Waals surface area (Å²) in [6.07, 6.45) is 7.32. The summed E-state index contributed by atoms with van der Waals surface area (Å²) >= 11 is 0. The number of nitrogens with zero attached hydrogens (tertiary/aromatic N) is 2. The second-order valence-corrected chi connectivity index (χ2v) is 5.85. The Bertz CT molecular complexity index is 400. The average Bonchev–Trinajstić information content (AvgIpc) is 3.21. The van der Waals surface area contributed by atoms with Crippen LogP contribution >= 0.6 is 0 Å². The maximum Gasteiger partial charge on any atom is 0.0562 e. The molecular formula is C15H23N3. The third kappa shape index (κ3) is 3.02. The Morgan fingerprint density at radius 2 is 2.28 bits per heavy atom. The molecule has 1 aliphatic carbocycles. The standard InChI is InChI=1S/C15H23N3/c1-12-3-2-8-18(11-12)15-6-7-16-14(9-15)10-17-13-4-5-13/h6-7,9,12-13,17H,2-5,8,10-11H2,1H3. The van der Waals surface area contributed by atoms with Crippen molar-refractivity contribution in [1.29, 1.82) is 0 Å². The number of hydrogen-bond donors (Lipinski definition) is 1. The quantitative estimate of drug-likeness (QED) is 0.883. The van der Waals surface area contributed by atoms with Gasteiger partial charge in [0.1, 0.15) is 0 Å². The van der Waals surface area contributed by atoms with Crippen molar-refractivity contribution in [3.8, 4) is 0 Å². The lowest BCUT2D eigenvalue weighted by Gasteiger charge is -2.32. The summed E-state index contributed by atoms with van der Waals surface area (Å²) in [7, 11) is 0. The number of aromatic nitrogens is 1. The number of piperidine rings is 1. The van der Waals surface area contributed by atoms with Gasteiger partial charge in [-0.2, -0.15) is 0 Å². The molecule has 1 aliphatic heterocycles. The van der Waals surface area contributed by atoms with Gasteiger partial charge >= 0.3 is 0 Å². The Morgan fingerprint density at radius 1 is 1.39 bits per heavy atom. The first-order valence-corrected chi connectivity index (χ1v) is 7.24. The second-order valence-electron chi connectivity index (χ2n) is 5.85. The fourth-order valence-corrected chi connectivity index (χ4v) is 2.72. The highest BCUT2D eigenvalue weighted by Crippen LogP contribution is 2.23. The molecule has 1 unspecified atom stereocenters. The monoisotopic (exact) mass is 245 g/mol. The first-order chi connectivity index (χ1) is 8.81. The van der Waals surface area contributed by atoms with Gasteiger partial charge in [0.15, 0.2) is 0 Å². The van der Waals surface area contributed by atoms with Crippen molar-refractivity contribution in [3.05, 3.63) is 24.0 Å². The molecule has 2 aliphatic rings. The Labute approximate surface area is 110 Å². The van der Waals surface area contributed by atoms with Crippen molar-refractivity contribution in [2.75, 3.05) is 18.0 Å². The van der Waals surface area contributed by atoms with Gasteiger partial charge in [-0.25, -0.2) is 0 Å². The summed E-state index contributed by atoms with van der Waals surface area (Å²) in [5.41, 5.74) is 2.53. The number of nitrogens with one attached hydrogen (secondary N) is 1. The largest absolute Gasteiger partial charge is 0.371 e. The van der Waals surface area contributed by atoms with E-state index in [2.05, 4.69) is 34.3 Å². The minimum Gasteiger partial charge on any atom is -0.371 e. The van der Waals surface area contributed by atoms with E-state index in [0.717, 1.165) is 18.5 Å². The molecule has 1 aromatic heterocycles. The topological polar surface area (TPSA) is 28.2 Å². The van der Waals surface area contributed by atoms with Crippen LogP contribution in [0.25, 0.3) is 0 Å². The molecule has 1 N–H and O–H groups in total. The van der Waals surface area contributed by atoms with Gasteiger partial charge < -0.3 is 10.2 Å². The summed E-state index contributed by atoms with van der Waals surface area (Å²) < 4.78 is 0. The van der Waals surface area contributed by atoms with Crippen molar-refractivity contribution in [3.63, 3.8) is 0 Å². The molecular weight excluding hydrogens is 222 g/mol. The van der Waals surface area contributed by atoms with Crippen molar-refractivity contribution in [2.45, 2.75) is 45.2 Å². The van der Waals surface area contributed by atoms with Gasteiger partial charge in [-0.3, -0.25) is 4.98 Å². The van der Waals surface area contributed by atoms with Crippen molar-refractivity contribution in [1.82, 2.24) is 10.3 Å². The van der Waals surface area contributed by atoms with E-state index in [1.807, 2.05) is 6.20 Å². The number of anilines is 1. The van der Waals surface area contributed by atoms with Crippen LogP contribution in [0.2, 0.25) is 0 Å². The summed E-state index contributed by atoms with van der Waals surface area (Å²) in [5.74, 6) is 0.819. The number of rotatable bonds is 4. The molecule has 18 heavy (non-hydrogen) atoms. The minimum atomic E-state index is 0.755. The molecule has 0 spiro atoms.